The van der Waals surface area contributed by atoms with E-state index in [2.05, 4.69) is 32.3 Å². The number of thioether (sulfide) groups is 1. The van der Waals surface area contributed by atoms with Crippen LogP contribution in [0, 0.1) is 0 Å². The van der Waals surface area contributed by atoms with Gasteiger partial charge in [0.1, 0.15) is 5.75 Å². The highest BCUT2D eigenvalue weighted by Crippen LogP contribution is 2.26. The molecule has 0 saturated heterocycles. The van der Waals surface area contributed by atoms with Crippen molar-refractivity contribution in [1.82, 2.24) is 25.0 Å². The SMILES string of the molecule is C=CCn1c(SCC(=O)Nc2ccc3cn[nH]c3c2)nnc1-c1ccc(OC)cc1. The molecule has 0 unspecified atom stereocenters. The largest absolute Gasteiger partial charge is 0.497 e. The molecule has 2 N–H and O–H groups in total. The van der Waals surface area contributed by atoms with E-state index < -0.39 is 0 Å². The Morgan fingerprint density at radius 2 is 2.10 bits per heavy atom. The summed E-state index contributed by atoms with van der Waals surface area (Å²) in [5.74, 6) is 1.56. The first kappa shape index (κ1) is 19.7. The highest BCUT2D eigenvalue weighted by atomic mass is 32.2. The van der Waals surface area contributed by atoms with Gasteiger partial charge in [0, 0.05) is 23.2 Å². The number of aromatic amines is 1. The average molecular weight is 420 g/mol. The summed E-state index contributed by atoms with van der Waals surface area (Å²) in [7, 11) is 1.63. The van der Waals surface area contributed by atoms with E-state index in [4.69, 9.17) is 4.74 Å². The number of methoxy groups -OCH3 is 1. The van der Waals surface area contributed by atoms with E-state index in [0.29, 0.717) is 23.2 Å². The first-order valence-corrected chi connectivity index (χ1v) is 10.2. The van der Waals surface area contributed by atoms with Crippen LogP contribution in [0.5, 0.6) is 5.75 Å². The van der Waals surface area contributed by atoms with E-state index in [9.17, 15) is 4.79 Å². The summed E-state index contributed by atoms with van der Waals surface area (Å²) in [5.41, 5.74) is 2.49. The highest BCUT2D eigenvalue weighted by Gasteiger charge is 2.15. The summed E-state index contributed by atoms with van der Waals surface area (Å²) in [4.78, 5) is 12.4. The first-order chi connectivity index (χ1) is 14.7. The van der Waals surface area contributed by atoms with E-state index in [1.807, 2.05) is 47.0 Å². The third-order valence-electron chi connectivity index (χ3n) is 4.43. The molecule has 4 aromatic rings. The van der Waals surface area contributed by atoms with Crippen molar-refractivity contribution >= 4 is 34.3 Å². The van der Waals surface area contributed by atoms with Crippen LogP contribution in [0.25, 0.3) is 22.3 Å². The maximum Gasteiger partial charge on any atom is 0.234 e. The maximum absolute atomic E-state index is 12.4. The molecule has 0 fully saturated rings. The van der Waals surface area contributed by atoms with E-state index in [0.717, 1.165) is 22.2 Å². The lowest BCUT2D eigenvalue weighted by atomic mass is 10.2. The molecule has 0 bridgehead atoms. The highest BCUT2D eigenvalue weighted by molar-refractivity contribution is 7.99. The molecule has 0 aliphatic heterocycles. The van der Waals surface area contributed by atoms with Crippen LogP contribution in [0.4, 0.5) is 5.69 Å². The fourth-order valence-electron chi connectivity index (χ4n) is 2.98. The van der Waals surface area contributed by atoms with Gasteiger partial charge in [-0.3, -0.25) is 14.5 Å². The molecule has 1 amide bonds. The lowest BCUT2D eigenvalue weighted by Crippen LogP contribution is -2.14. The summed E-state index contributed by atoms with van der Waals surface area (Å²) >= 11 is 1.33. The van der Waals surface area contributed by atoms with Crippen LogP contribution in [-0.4, -0.2) is 43.7 Å². The zero-order valence-electron chi connectivity index (χ0n) is 16.3. The van der Waals surface area contributed by atoms with E-state index in [1.165, 1.54) is 11.8 Å². The Morgan fingerprint density at radius 1 is 1.27 bits per heavy atom. The summed E-state index contributed by atoms with van der Waals surface area (Å²) in [6, 6.07) is 13.2. The number of rotatable bonds is 8. The van der Waals surface area contributed by atoms with Gasteiger partial charge in [-0.05, 0) is 42.5 Å². The molecule has 30 heavy (non-hydrogen) atoms. The van der Waals surface area contributed by atoms with Crippen molar-refractivity contribution in [2.45, 2.75) is 11.7 Å². The van der Waals surface area contributed by atoms with Gasteiger partial charge in [-0.15, -0.1) is 16.8 Å². The molecule has 0 atom stereocenters. The lowest BCUT2D eigenvalue weighted by molar-refractivity contribution is -0.113. The summed E-state index contributed by atoms with van der Waals surface area (Å²) in [5, 5.41) is 20.0. The fourth-order valence-corrected chi connectivity index (χ4v) is 3.73. The Morgan fingerprint density at radius 3 is 2.87 bits per heavy atom. The maximum atomic E-state index is 12.4. The molecule has 2 aromatic carbocycles. The topological polar surface area (TPSA) is 97.7 Å². The molecule has 0 spiro atoms. The number of carbonyl (C=O) groups excluding carboxylic acids is 1. The van der Waals surface area contributed by atoms with Crippen molar-refractivity contribution in [3.05, 3.63) is 61.3 Å². The van der Waals surface area contributed by atoms with Gasteiger partial charge in [0.25, 0.3) is 0 Å². The number of anilines is 1. The zero-order valence-corrected chi connectivity index (χ0v) is 17.1. The molecule has 8 nitrogen and oxygen atoms in total. The predicted octanol–water partition coefficient (Wildman–Crippen LogP) is 3.75. The average Bonchev–Trinajstić information content (AvgIpc) is 3.39. The van der Waals surface area contributed by atoms with Gasteiger partial charge in [-0.25, -0.2) is 0 Å². The number of nitrogens with one attached hydrogen (secondary N) is 2. The summed E-state index contributed by atoms with van der Waals surface area (Å²) < 4.78 is 7.14. The van der Waals surface area contributed by atoms with Crippen LogP contribution in [0.2, 0.25) is 0 Å². The smallest absolute Gasteiger partial charge is 0.234 e. The molecular weight excluding hydrogens is 400 g/mol. The van der Waals surface area contributed by atoms with Gasteiger partial charge in [-0.2, -0.15) is 5.10 Å². The van der Waals surface area contributed by atoms with Gasteiger partial charge in [0.15, 0.2) is 11.0 Å². The van der Waals surface area contributed by atoms with Gasteiger partial charge in [-0.1, -0.05) is 17.8 Å². The molecule has 0 saturated carbocycles. The number of hydrogen-bond donors (Lipinski definition) is 2. The Balaban J connectivity index is 1.46. The van der Waals surface area contributed by atoms with Crippen molar-refractivity contribution < 1.29 is 9.53 Å². The minimum absolute atomic E-state index is 0.127. The molecular formula is C21H20N6O2S. The molecule has 0 aliphatic rings. The van der Waals surface area contributed by atoms with Gasteiger partial charge in [0.05, 0.1) is 24.6 Å². The number of hydrogen-bond acceptors (Lipinski definition) is 6. The quantitative estimate of drug-likeness (QED) is 0.333. The van der Waals surface area contributed by atoms with Gasteiger partial charge in [0.2, 0.25) is 5.91 Å². The number of allylic oxidation sites excluding steroid dienone is 1. The number of amides is 1. The molecule has 0 radical (unpaired) electrons. The second-order valence-corrected chi connectivity index (χ2v) is 7.39. The number of benzene rings is 2. The molecule has 9 heteroatoms. The van der Waals surface area contributed by atoms with E-state index >= 15 is 0 Å². The number of H-pyrrole nitrogens is 1. The molecule has 2 aromatic heterocycles. The van der Waals surface area contributed by atoms with Crippen LogP contribution in [0.1, 0.15) is 0 Å². The number of fused-ring (bicyclic) bond motifs is 1. The van der Waals surface area contributed by atoms with E-state index in [-0.39, 0.29) is 11.7 Å². The van der Waals surface area contributed by atoms with Crippen molar-refractivity contribution in [1.29, 1.82) is 0 Å². The Labute approximate surface area is 177 Å². The third kappa shape index (κ3) is 4.20. The fraction of sp³-hybridized carbons (Fsp3) is 0.143. The number of ether oxygens (including phenoxy) is 1. The Hall–Kier alpha value is -3.59. The number of aromatic nitrogens is 5. The van der Waals surface area contributed by atoms with Crippen LogP contribution in [-0.2, 0) is 11.3 Å². The van der Waals surface area contributed by atoms with Crippen molar-refractivity contribution in [3.63, 3.8) is 0 Å². The van der Waals surface area contributed by atoms with Crippen molar-refractivity contribution in [3.8, 4) is 17.1 Å². The minimum atomic E-state index is -0.127. The lowest BCUT2D eigenvalue weighted by Gasteiger charge is -2.09. The molecule has 4 rings (SSSR count). The van der Waals surface area contributed by atoms with Crippen LogP contribution in [0.3, 0.4) is 0 Å². The third-order valence-corrected chi connectivity index (χ3v) is 5.40. The monoisotopic (exact) mass is 420 g/mol. The minimum Gasteiger partial charge on any atom is -0.497 e. The van der Waals surface area contributed by atoms with Gasteiger partial charge < -0.3 is 10.1 Å². The molecule has 0 aliphatic carbocycles. The zero-order chi connectivity index (χ0) is 20.9. The van der Waals surface area contributed by atoms with Crippen molar-refractivity contribution in [2.75, 3.05) is 18.2 Å². The number of nitrogens with zero attached hydrogens (tertiary/aromatic N) is 4. The predicted molar refractivity (Wildman–Crippen MR) is 118 cm³/mol. The Bertz CT molecular complexity index is 1180. The van der Waals surface area contributed by atoms with Crippen LogP contribution in [0.15, 0.2) is 66.5 Å². The van der Waals surface area contributed by atoms with Crippen molar-refractivity contribution in [2.24, 2.45) is 0 Å². The van der Waals surface area contributed by atoms with E-state index in [1.54, 1.807) is 19.4 Å². The van der Waals surface area contributed by atoms with Gasteiger partial charge >= 0.3 is 0 Å². The van der Waals surface area contributed by atoms with Crippen LogP contribution >= 0.6 is 11.8 Å². The standard InChI is InChI=1S/C21H20N6O2S/c1-3-10-27-20(14-5-8-17(29-2)9-6-14)25-26-21(27)30-13-19(28)23-16-7-4-15-12-22-24-18(15)11-16/h3-9,11-12H,1,10,13H2,2H3,(H,22,24)(H,23,28). The summed E-state index contributed by atoms with van der Waals surface area (Å²) in [6.07, 6.45) is 3.52. The van der Waals surface area contributed by atoms with Crippen LogP contribution < -0.4 is 10.1 Å². The summed E-state index contributed by atoms with van der Waals surface area (Å²) in [6.45, 7) is 4.35. The Kier molecular flexibility index (Phi) is 5.80. The number of carbonyl (C=O) groups is 1. The first-order valence-electron chi connectivity index (χ1n) is 9.22. The normalized spacial score (nSPS) is 10.8. The molecule has 152 valence electrons. The second-order valence-electron chi connectivity index (χ2n) is 6.44. The second kappa shape index (κ2) is 8.83. The molecule has 2 heterocycles.